The molecular weight excluding hydrogens is 2260 g/mol. The van der Waals surface area contributed by atoms with E-state index in [0.717, 1.165) is 171 Å². The Hall–Kier alpha value is -1.52. The van der Waals surface area contributed by atoms with Gasteiger partial charge in [-0.1, -0.05) is 100 Å². The van der Waals surface area contributed by atoms with Crippen molar-refractivity contribution in [1.82, 2.24) is 0 Å². The van der Waals surface area contributed by atoms with Crippen molar-refractivity contribution >= 4 is 160 Å². The molecule has 824 valence electrons. The number of epoxide rings is 8. The standard InChI is InChI=1S/C24H26O5Si.C14H28O4Si.C12H20O8Si.C12H26O5Si.C11H22O4Si.C9H20O5Si.C6H11Br3O2Si.C6H11Cl3O2Si/c1-4-11-21(12-5-1)27-30(28-22-13-6-2-7-14-22,29-23-15-8-3-9-16-23)18-10-17-25-19-24-20-26-24;1-4-15-19(16-5-2,17-6-3)10-9-12-7-8-13-14(11-12)18-13;1-9(13)18-21(19-10(2)14,20-11(3)15)6-4-5-16-7-12-8-17-12;1-4-15-18(16-5-2,17-6-3)9-7-8-13-10-12-11-14-12;1-12-16(13-2,14-3)7-6-9-4-5-10-11(8-9)15-10;1-10-15(11-2,12-3)6-4-5-13-7-9-8-14-9;2*7-12(8,9)3-1-2-10-4-6-5-11-6/h1-9,11-16,24H,10,17-20H2;12-14H,4-11H2,1-3H3;12H,4-8H2,1-3H3;12H,4-11H2,1-3H3;9-11H,4-8H2,1-3H3;9H,4-8H2,1-3H3;2*6H,1-5H2. The molecule has 10 fully saturated rings. The molecule has 0 radical (unpaired) electrons. The summed E-state index contributed by atoms with van der Waals surface area (Å²) in [5.74, 6) is 1.69. The monoisotopic (exact) mass is 2420 g/mol. The Kier molecular flexibility index (Phi) is 66.4. The van der Waals surface area contributed by atoms with E-state index in [1.807, 2.05) is 133 Å². The summed E-state index contributed by atoms with van der Waals surface area (Å²) in [5.41, 5.74) is 0. The van der Waals surface area contributed by atoms with E-state index >= 15 is 0 Å². The van der Waals surface area contributed by atoms with Crippen LogP contribution in [-0.2, 0) is 147 Å². The SMILES string of the molecule is Br[Si](Br)(Br)CCCOCC1CO1.CC(=O)O[Si](CCCOCC1CO1)(OC(C)=O)OC(C)=O.CCO[Si](CCC1CCC2OC2C1)(OCC)OCC.CCO[Si](CCCOCC1CO1)(OCC)OCC.CO[Si](CCC1CCC2OC2C1)(OC)OC.CO[Si](CCCOCC1CO1)(OC)OC.Cl[Si](Cl)(Cl)CCCOCC1CO1.c1ccc(O[Si](CCCOCC2CO2)(Oc2ccccc2)Oc2ccccc2)cc1. The molecule has 8 heterocycles. The predicted octanol–water partition coefficient (Wildman–Crippen LogP) is 18.1. The Bertz CT molecular complexity index is 3530. The van der Waals surface area contributed by atoms with Crippen LogP contribution in [0, 0.1) is 11.8 Å². The molecule has 0 N–H and O–H groups in total. The van der Waals surface area contributed by atoms with Gasteiger partial charge in [0.25, 0.3) is 21.8 Å². The van der Waals surface area contributed by atoms with E-state index in [4.69, 9.17) is 179 Å². The minimum absolute atomic E-state index is 0.122. The van der Waals surface area contributed by atoms with Gasteiger partial charge in [-0.25, -0.2) is 0 Å². The highest BCUT2D eigenvalue weighted by Crippen LogP contribution is 2.44. The van der Waals surface area contributed by atoms with Gasteiger partial charge in [0.2, 0.25) is 0 Å². The van der Waals surface area contributed by atoms with Crippen molar-refractivity contribution in [3.05, 3.63) is 91.0 Å². The second kappa shape index (κ2) is 73.0. The summed E-state index contributed by atoms with van der Waals surface area (Å²) in [6.07, 6.45) is 18.7. The number of rotatable bonds is 69. The van der Waals surface area contributed by atoms with Crippen LogP contribution in [0.5, 0.6) is 17.2 Å². The molecule has 2 saturated carbocycles. The van der Waals surface area contributed by atoms with E-state index in [1.165, 1.54) is 38.5 Å². The van der Waals surface area contributed by atoms with Crippen LogP contribution >= 0.6 is 79.1 Å². The Labute approximate surface area is 896 Å². The van der Waals surface area contributed by atoms with E-state index in [9.17, 15) is 14.4 Å². The predicted molar refractivity (Wildman–Crippen MR) is 569 cm³/mol. The lowest BCUT2D eigenvalue weighted by atomic mass is 9.88. The van der Waals surface area contributed by atoms with Crippen molar-refractivity contribution in [2.24, 2.45) is 11.8 Å². The van der Waals surface area contributed by atoms with Crippen molar-refractivity contribution in [2.45, 2.75) is 262 Å². The molecule has 49 heteroatoms. The maximum atomic E-state index is 11.2. The van der Waals surface area contributed by atoms with Gasteiger partial charge in [-0.15, -0.1) is 33.2 Å². The average molecular weight is 2430 g/mol. The zero-order valence-corrected chi connectivity index (χ0v) is 102. The summed E-state index contributed by atoms with van der Waals surface area (Å²) in [5, 5.41) is 0. The number of carbonyl (C=O) groups excluding carboxylic acids is 3. The minimum atomic E-state index is -3.71. The van der Waals surface area contributed by atoms with E-state index in [-0.39, 0.29) is 18.3 Å². The molecule has 0 spiro atoms. The first-order valence-corrected chi connectivity index (χ1v) is 76.1. The number of fused-ring (bicyclic) bond motifs is 2. The lowest BCUT2D eigenvalue weighted by Gasteiger charge is -2.30. The van der Waals surface area contributed by atoms with Crippen LogP contribution < -0.4 is 13.3 Å². The largest absolute Gasteiger partial charge is 0.705 e. The summed E-state index contributed by atoms with van der Waals surface area (Å²) in [6.45, 7) is 32.1. The van der Waals surface area contributed by atoms with Crippen LogP contribution in [0.4, 0.5) is 0 Å². The molecule has 143 heavy (non-hydrogen) atoms. The van der Waals surface area contributed by atoms with Crippen molar-refractivity contribution in [1.29, 1.82) is 0 Å². The van der Waals surface area contributed by atoms with Crippen LogP contribution in [0.15, 0.2) is 91.0 Å². The summed E-state index contributed by atoms with van der Waals surface area (Å²) in [6, 6.07) is 32.6. The number of hydrogen-bond acceptors (Lipinski definition) is 35. The lowest BCUT2D eigenvalue weighted by molar-refractivity contribution is -0.148. The summed E-state index contributed by atoms with van der Waals surface area (Å²) < 4.78 is 174. The molecule has 0 aromatic heterocycles. The molecule has 12 atom stereocenters. The van der Waals surface area contributed by atoms with Gasteiger partial charge >= 0.3 is 58.8 Å². The third-order valence-electron chi connectivity index (χ3n) is 22.8. The zero-order chi connectivity index (χ0) is 104. The van der Waals surface area contributed by atoms with Gasteiger partial charge in [0.1, 0.15) is 53.9 Å². The molecule has 0 amide bonds. The molecule has 35 nitrogen and oxygen atoms in total. The van der Waals surface area contributed by atoms with E-state index in [1.54, 1.807) is 42.7 Å². The van der Waals surface area contributed by atoms with Crippen molar-refractivity contribution in [2.75, 3.05) is 201 Å². The summed E-state index contributed by atoms with van der Waals surface area (Å²) >= 11 is 27.7. The molecule has 3 aromatic rings. The quantitative estimate of drug-likeness (QED) is 0.0219. The Morgan fingerprint density at radius 1 is 0.315 bits per heavy atom. The molecule has 13 rings (SSSR count). The summed E-state index contributed by atoms with van der Waals surface area (Å²) in [7, 11) is -6.62. The summed E-state index contributed by atoms with van der Waals surface area (Å²) in [4.78, 5) is 33.6. The molecule has 12 unspecified atom stereocenters. The minimum Gasteiger partial charge on any atom is -0.483 e. The van der Waals surface area contributed by atoms with Gasteiger partial charge < -0.3 is 146 Å². The molecular formula is C94H164Br3Cl3O35Si8. The van der Waals surface area contributed by atoms with Crippen LogP contribution in [0.25, 0.3) is 0 Å². The van der Waals surface area contributed by atoms with E-state index in [2.05, 4.69) is 45.9 Å². The molecule has 3 aromatic carbocycles. The van der Waals surface area contributed by atoms with Crippen LogP contribution in [0.3, 0.4) is 0 Å². The number of hydrogen-bond donors (Lipinski definition) is 0. The fraction of sp³-hybridized carbons (Fsp3) is 0.777. The average Bonchev–Trinajstić information content (AvgIpc) is 1.78. The number of carbonyl (C=O) groups is 3. The second-order valence-corrected chi connectivity index (χ2v) is 84.2. The van der Waals surface area contributed by atoms with Gasteiger partial charge in [-0.3, -0.25) is 14.4 Å². The first-order chi connectivity index (χ1) is 68.8. The Morgan fingerprint density at radius 2 is 0.552 bits per heavy atom. The molecule has 2 aliphatic carbocycles. The fourth-order valence-electron chi connectivity index (χ4n) is 15.1. The van der Waals surface area contributed by atoms with Gasteiger partial charge in [-0.05, 0) is 192 Å². The third-order valence-corrected chi connectivity index (χ3v) is 47.1. The maximum Gasteiger partial charge on any atom is 0.705 e. The second-order valence-electron chi connectivity index (χ2n) is 34.8. The molecule has 8 saturated heterocycles. The van der Waals surface area contributed by atoms with Crippen molar-refractivity contribution in [3.8, 4) is 17.2 Å². The maximum absolute atomic E-state index is 11.2. The first-order valence-electron chi connectivity index (χ1n) is 50.3. The Balaban J connectivity index is 0.000000254. The molecule has 10 aliphatic rings. The number of ether oxygens (including phenoxy) is 14. The van der Waals surface area contributed by atoms with E-state index < -0.39 is 80.7 Å². The van der Waals surface area contributed by atoms with Crippen molar-refractivity contribution < 1.29 is 160 Å². The van der Waals surface area contributed by atoms with Crippen LogP contribution in [0.1, 0.15) is 152 Å². The van der Waals surface area contributed by atoms with Crippen LogP contribution in [0.2, 0.25) is 48.4 Å². The lowest BCUT2D eigenvalue weighted by Crippen LogP contribution is -2.55. The van der Waals surface area contributed by atoms with Gasteiger partial charge in [0, 0.05) is 167 Å². The van der Waals surface area contributed by atoms with E-state index in [0.29, 0.717) is 180 Å². The molecule has 0 bridgehead atoms. The normalized spacial score (nSPS) is 21.9. The van der Waals surface area contributed by atoms with Crippen molar-refractivity contribution in [3.63, 3.8) is 0 Å². The highest BCUT2D eigenvalue weighted by Gasteiger charge is 2.53. The van der Waals surface area contributed by atoms with Gasteiger partial charge in [0.05, 0.1) is 116 Å². The van der Waals surface area contributed by atoms with Crippen LogP contribution in [-0.4, -0.2) is 343 Å². The Morgan fingerprint density at radius 3 is 0.797 bits per heavy atom. The zero-order valence-electron chi connectivity index (χ0n) is 86.7. The third kappa shape index (κ3) is 62.0. The topological polar surface area (TPSA) is 373 Å². The first kappa shape index (κ1) is 130. The smallest absolute Gasteiger partial charge is 0.483 e. The number of halogens is 6. The highest BCUT2D eigenvalue weighted by molar-refractivity contribution is 9.72. The van der Waals surface area contributed by atoms with Gasteiger partial charge in [-0.2, -0.15) is 0 Å². The molecule has 8 aliphatic heterocycles. The van der Waals surface area contributed by atoms with Gasteiger partial charge in [0.15, 0.2) is 0 Å². The number of para-hydroxylation sites is 3. The number of benzene rings is 3. The fourth-order valence-corrected chi connectivity index (χ4v) is 33.6. The highest BCUT2D eigenvalue weighted by atomic mass is 80.0.